The molecule has 1 rings (SSSR count). The molecular weight excluding hydrogens is 140 g/mol. The third kappa shape index (κ3) is 2.15. The number of likely N-dealkylation sites (N-methyl/N-ethyl adjacent to an activating group) is 2. The molecule has 0 radical (unpaired) electrons. The maximum Gasteiger partial charge on any atom is 0.0599 e. The summed E-state index contributed by atoms with van der Waals surface area (Å²) in [7, 11) is 2.08. The summed E-state index contributed by atoms with van der Waals surface area (Å²) < 4.78 is 0. The molecule has 0 aromatic rings. The molecule has 0 unspecified atom stereocenters. The average molecular weight is 158 g/mol. The van der Waals surface area contributed by atoms with Crippen LogP contribution in [0.3, 0.4) is 0 Å². The molecule has 0 aliphatic carbocycles. The van der Waals surface area contributed by atoms with Gasteiger partial charge in [0.1, 0.15) is 0 Å². The molecule has 1 saturated heterocycles. The van der Waals surface area contributed by atoms with Crippen LogP contribution in [0.1, 0.15) is 6.92 Å². The minimum atomic E-state index is 0.285. The summed E-state index contributed by atoms with van der Waals surface area (Å²) >= 11 is 0. The molecule has 3 heteroatoms. The van der Waals surface area contributed by atoms with E-state index in [9.17, 15) is 0 Å². The van der Waals surface area contributed by atoms with Gasteiger partial charge in [0.25, 0.3) is 0 Å². The zero-order valence-electron chi connectivity index (χ0n) is 7.45. The van der Waals surface area contributed by atoms with Crippen LogP contribution >= 0.6 is 0 Å². The van der Waals surface area contributed by atoms with Gasteiger partial charge in [-0.2, -0.15) is 0 Å². The normalized spacial score (nSPS) is 29.2. The molecule has 0 aromatic heterocycles. The Bertz CT molecular complexity index is 119. The van der Waals surface area contributed by atoms with Crippen molar-refractivity contribution in [1.29, 1.82) is 0 Å². The fourth-order valence-corrected chi connectivity index (χ4v) is 1.49. The summed E-state index contributed by atoms with van der Waals surface area (Å²) in [6.45, 7) is 6.79. The minimum absolute atomic E-state index is 0.285. The van der Waals surface area contributed by atoms with Crippen molar-refractivity contribution in [3.05, 3.63) is 0 Å². The van der Waals surface area contributed by atoms with Gasteiger partial charge in [-0.1, -0.05) is 6.92 Å². The van der Waals surface area contributed by atoms with Crippen LogP contribution in [0.15, 0.2) is 0 Å². The van der Waals surface area contributed by atoms with Crippen molar-refractivity contribution < 1.29 is 5.11 Å². The SMILES string of the molecule is CCN1CCN(C)[C@@H](CO)C1. The maximum absolute atomic E-state index is 9.01. The summed E-state index contributed by atoms with van der Waals surface area (Å²) in [6.07, 6.45) is 0. The van der Waals surface area contributed by atoms with Crippen LogP contribution < -0.4 is 0 Å². The van der Waals surface area contributed by atoms with Gasteiger partial charge in [0.2, 0.25) is 0 Å². The first kappa shape index (κ1) is 8.97. The fraction of sp³-hybridized carbons (Fsp3) is 1.00. The van der Waals surface area contributed by atoms with Crippen molar-refractivity contribution in [2.24, 2.45) is 0 Å². The smallest absolute Gasteiger partial charge is 0.0599 e. The summed E-state index contributed by atoms with van der Waals surface area (Å²) in [5.74, 6) is 0. The number of rotatable bonds is 2. The van der Waals surface area contributed by atoms with E-state index in [-0.39, 0.29) is 6.61 Å². The number of piperazine rings is 1. The lowest BCUT2D eigenvalue weighted by Gasteiger charge is -2.37. The number of nitrogens with zero attached hydrogens (tertiary/aromatic N) is 2. The van der Waals surface area contributed by atoms with Gasteiger partial charge >= 0.3 is 0 Å². The molecule has 1 heterocycles. The van der Waals surface area contributed by atoms with Crippen LogP contribution in [-0.4, -0.2) is 60.8 Å². The molecule has 0 saturated carbocycles. The zero-order chi connectivity index (χ0) is 8.27. The first-order valence-corrected chi connectivity index (χ1v) is 4.31. The molecule has 1 aliphatic heterocycles. The van der Waals surface area contributed by atoms with E-state index in [4.69, 9.17) is 5.11 Å². The van der Waals surface area contributed by atoms with E-state index >= 15 is 0 Å². The molecule has 0 bridgehead atoms. The fourth-order valence-electron chi connectivity index (χ4n) is 1.49. The van der Waals surface area contributed by atoms with E-state index in [0.717, 1.165) is 26.2 Å². The van der Waals surface area contributed by atoms with Crippen LogP contribution in [0.2, 0.25) is 0 Å². The first-order chi connectivity index (χ1) is 5.27. The van der Waals surface area contributed by atoms with Gasteiger partial charge in [-0.25, -0.2) is 0 Å². The van der Waals surface area contributed by atoms with Crippen molar-refractivity contribution in [1.82, 2.24) is 9.80 Å². The number of hydrogen-bond donors (Lipinski definition) is 1. The van der Waals surface area contributed by atoms with Crippen molar-refractivity contribution in [3.63, 3.8) is 0 Å². The van der Waals surface area contributed by atoms with Crippen LogP contribution in [0, 0.1) is 0 Å². The molecule has 0 spiro atoms. The minimum Gasteiger partial charge on any atom is -0.395 e. The van der Waals surface area contributed by atoms with Gasteiger partial charge in [0.15, 0.2) is 0 Å². The predicted molar refractivity (Wildman–Crippen MR) is 45.6 cm³/mol. The number of aliphatic hydroxyl groups excluding tert-OH is 1. The second kappa shape index (κ2) is 4.04. The Labute approximate surface area is 68.6 Å². The summed E-state index contributed by atoms with van der Waals surface area (Å²) in [5.41, 5.74) is 0. The van der Waals surface area contributed by atoms with Gasteiger partial charge in [0, 0.05) is 25.7 Å². The lowest BCUT2D eigenvalue weighted by molar-refractivity contribution is 0.0604. The molecule has 3 nitrogen and oxygen atoms in total. The lowest BCUT2D eigenvalue weighted by atomic mass is 10.2. The van der Waals surface area contributed by atoms with Gasteiger partial charge < -0.3 is 10.0 Å². The quantitative estimate of drug-likeness (QED) is 0.593. The Balaban J connectivity index is 2.37. The van der Waals surface area contributed by atoms with E-state index in [1.807, 2.05) is 0 Å². The predicted octanol–water partition coefficient (Wildman–Crippen LogP) is -0.385. The monoisotopic (exact) mass is 158 g/mol. The van der Waals surface area contributed by atoms with Crippen molar-refractivity contribution in [2.45, 2.75) is 13.0 Å². The zero-order valence-corrected chi connectivity index (χ0v) is 7.45. The molecule has 1 aliphatic rings. The Morgan fingerprint density at radius 3 is 2.73 bits per heavy atom. The summed E-state index contributed by atoms with van der Waals surface area (Å²) in [6, 6.07) is 0.351. The summed E-state index contributed by atoms with van der Waals surface area (Å²) in [5, 5.41) is 9.01. The van der Waals surface area contributed by atoms with E-state index in [0.29, 0.717) is 6.04 Å². The highest BCUT2D eigenvalue weighted by molar-refractivity contribution is 4.78. The Morgan fingerprint density at radius 1 is 1.45 bits per heavy atom. The second-order valence-corrected chi connectivity index (χ2v) is 3.21. The Morgan fingerprint density at radius 2 is 2.18 bits per heavy atom. The van der Waals surface area contributed by atoms with E-state index in [1.165, 1.54) is 0 Å². The number of aliphatic hydroxyl groups is 1. The maximum atomic E-state index is 9.01. The van der Waals surface area contributed by atoms with Crippen molar-refractivity contribution >= 4 is 0 Å². The van der Waals surface area contributed by atoms with Gasteiger partial charge in [0.05, 0.1) is 6.61 Å². The molecule has 66 valence electrons. The third-order valence-electron chi connectivity index (χ3n) is 2.52. The number of hydrogen-bond acceptors (Lipinski definition) is 3. The van der Waals surface area contributed by atoms with E-state index in [1.54, 1.807) is 0 Å². The van der Waals surface area contributed by atoms with E-state index in [2.05, 4.69) is 23.8 Å². The standard InChI is InChI=1S/C8H18N2O/c1-3-10-5-4-9(2)8(6-10)7-11/h8,11H,3-7H2,1-2H3/t8-/m1/s1. The van der Waals surface area contributed by atoms with Crippen LogP contribution in [0.25, 0.3) is 0 Å². The highest BCUT2D eigenvalue weighted by Gasteiger charge is 2.21. The summed E-state index contributed by atoms with van der Waals surface area (Å²) in [4.78, 5) is 4.60. The molecule has 1 N–H and O–H groups in total. The highest BCUT2D eigenvalue weighted by atomic mass is 16.3. The molecule has 0 aromatic carbocycles. The van der Waals surface area contributed by atoms with Crippen molar-refractivity contribution in [2.75, 3.05) is 39.8 Å². The Kier molecular flexibility index (Phi) is 3.30. The largest absolute Gasteiger partial charge is 0.395 e. The Hall–Kier alpha value is -0.120. The van der Waals surface area contributed by atoms with Crippen molar-refractivity contribution in [3.8, 4) is 0 Å². The highest BCUT2D eigenvalue weighted by Crippen LogP contribution is 2.05. The average Bonchev–Trinajstić information content (AvgIpc) is 2.05. The van der Waals surface area contributed by atoms with Crippen LogP contribution in [0.4, 0.5) is 0 Å². The van der Waals surface area contributed by atoms with Gasteiger partial charge in [-0.15, -0.1) is 0 Å². The molecule has 0 amide bonds. The van der Waals surface area contributed by atoms with Crippen LogP contribution in [-0.2, 0) is 0 Å². The lowest BCUT2D eigenvalue weighted by Crippen LogP contribution is -2.52. The van der Waals surface area contributed by atoms with E-state index < -0.39 is 0 Å². The molecular formula is C8H18N2O. The second-order valence-electron chi connectivity index (χ2n) is 3.21. The third-order valence-corrected chi connectivity index (χ3v) is 2.52. The topological polar surface area (TPSA) is 26.7 Å². The molecule has 1 fully saturated rings. The molecule has 1 atom stereocenters. The molecule has 11 heavy (non-hydrogen) atoms. The van der Waals surface area contributed by atoms with Gasteiger partial charge in [-0.05, 0) is 13.6 Å². The van der Waals surface area contributed by atoms with Crippen LogP contribution in [0.5, 0.6) is 0 Å². The van der Waals surface area contributed by atoms with Gasteiger partial charge in [-0.3, -0.25) is 4.90 Å². The first-order valence-electron chi connectivity index (χ1n) is 4.31.